The Morgan fingerprint density at radius 1 is 0.882 bits per heavy atom. The van der Waals surface area contributed by atoms with Gasteiger partial charge in [-0.15, -0.1) is 19.7 Å². The smallest absolute Gasteiger partial charge is 0.0313 e. The van der Waals surface area contributed by atoms with E-state index in [0.717, 1.165) is 25.3 Å². The zero-order valence-electron chi connectivity index (χ0n) is 10.4. The minimum atomic E-state index is 0.822. The highest BCUT2D eigenvalue weighted by Gasteiger charge is 1.94. The van der Waals surface area contributed by atoms with Crippen LogP contribution in [0, 0.1) is 0 Å². The van der Waals surface area contributed by atoms with Gasteiger partial charge in [-0.3, -0.25) is 4.90 Å². The molecule has 0 atom stereocenters. The molecule has 1 aromatic carbocycles. The van der Waals surface area contributed by atoms with Gasteiger partial charge in [0, 0.05) is 25.3 Å². The maximum Gasteiger partial charge on any atom is 0.0313 e. The summed E-state index contributed by atoms with van der Waals surface area (Å²) in [5.41, 5.74) is 6.18. The van der Waals surface area contributed by atoms with Crippen LogP contribution >= 0.6 is 0 Å². The Kier molecular flexibility index (Phi) is 9.58. The van der Waals surface area contributed by atoms with Crippen molar-refractivity contribution in [3.05, 3.63) is 68.3 Å². The van der Waals surface area contributed by atoms with Crippen molar-refractivity contribution in [2.24, 2.45) is 0 Å². The minimum Gasteiger partial charge on any atom is -0.399 e. The number of benzene rings is 1. The molecule has 2 N–H and O–H groups in total. The van der Waals surface area contributed by atoms with Crippen LogP contribution in [-0.2, 0) is 0 Å². The zero-order chi connectivity index (χ0) is 12.9. The van der Waals surface area contributed by atoms with Crippen molar-refractivity contribution in [3.63, 3.8) is 0 Å². The summed E-state index contributed by atoms with van der Waals surface area (Å²) in [6.45, 7) is 13.7. The van der Waals surface area contributed by atoms with Crippen LogP contribution in [-0.4, -0.2) is 24.5 Å². The third-order valence-corrected chi connectivity index (χ3v) is 1.96. The number of nitrogens with zero attached hydrogens (tertiary/aromatic N) is 1. The number of para-hydroxylation sites is 1. The van der Waals surface area contributed by atoms with E-state index in [1.807, 2.05) is 48.6 Å². The van der Waals surface area contributed by atoms with Crippen molar-refractivity contribution in [3.8, 4) is 0 Å². The van der Waals surface area contributed by atoms with Crippen LogP contribution in [0.1, 0.15) is 0 Å². The van der Waals surface area contributed by atoms with Crippen LogP contribution in [0.5, 0.6) is 0 Å². The van der Waals surface area contributed by atoms with Gasteiger partial charge in [0.2, 0.25) is 0 Å². The van der Waals surface area contributed by atoms with Gasteiger partial charge >= 0.3 is 0 Å². The molecule has 1 aromatic rings. The van der Waals surface area contributed by atoms with Gasteiger partial charge in [-0.25, -0.2) is 0 Å². The topological polar surface area (TPSA) is 29.3 Å². The summed E-state index contributed by atoms with van der Waals surface area (Å²) in [5.74, 6) is 0. The van der Waals surface area contributed by atoms with Gasteiger partial charge < -0.3 is 5.73 Å². The molecule has 0 aromatic heterocycles. The molecule has 92 valence electrons. The molecule has 0 amide bonds. The molecular formula is C15H22N2. The third kappa shape index (κ3) is 9.15. The Hall–Kier alpha value is -1.80. The van der Waals surface area contributed by atoms with Crippen LogP contribution in [0.4, 0.5) is 5.69 Å². The standard InChI is InChI=1S/C9H15N.C6H7N/c1-4-7-10(8-5-2)9-6-3;7-6-4-2-1-3-5-6/h4-6H,1-3,7-9H2;1-5H,7H2. The predicted molar refractivity (Wildman–Crippen MR) is 77.9 cm³/mol. The highest BCUT2D eigenvalue weighted by atomic mass is 15.1. The maximum absolute atomic E-state index is 5.36. The molecule has 0 radical (unpaired) electrons. The van der Waals surface area contributed by atoms with Crippen LogP contribution in [0.3, 0.4) is 0 Å². The van der Waals surface area contributed by atoms with Gasteiger partial charge in [0.05, 0.1) is 0 Å². The quantitative estimate of drug-likeness (QED) is 0.601. The lowest BCUT2D eigenvalue weighted by Crippen LogP contribution is -2.23. The number of nitrogens with two attached hydrogens (primary N) is 1. The summed E-state index contributed by atoms with van der Waals surface area (Å²) in [4.78, 5) is 2.19. The number of anilines is 1. The van der Waals surface area contributed by atoms with E-state index in [9.17, 15) is 0 Å². The van der Waals surface area contributed by atoms with Crippen molar-refractivity contribution < 1.29 is 0 Å². The van der Waals surface area contributed by atoms with Gasteiger partial charge in [-0.1, -0.05) is 36.4 Å². The lowest BCUT2D eigenvalue weighted by molar-refractivity contribution is 0.373. The zero-order valence-corrected chi connectivity index (χ0v) is 10.4. The van der Waals surface area contributed by atoms with Crippen LogP contribution < -0.4 is 5.73 Å². The molecule has 0 aliphatic heterocycles. The van der Waals surface area contributed by atoms with Gasteiger partial charge in [0.15, 0.2) is 0 Å². The molecule has 0 heterocycles. The van der Waals surface area contributed by atoms with Crippen molar-refractivity contribution in [1.82, 2.24) is 4.90 Å². The average molecular weight is 230 g/mol. The lowest BCUT2D eigenvalue weighted by Gasteiger charge is -2.15. The SMILES string of the molecule is C=CCN(CC=C)CC=C.Nc1ccccc1. The third-order valence-electron chi connectivity index (χ3n) is 1.96. The number of hydrogen-bond donors (Lipinski definition) is 1. The van der Waals surface area contributed by atoms with E-state index < -0.39 is 0 Å². The second kappa shape index (κ2) is 10.7. The van der Waals surface area contributed by atoms with Gasteiger partial charge in [-0.2, -0.15) is 0 Å². The van der Waals surface area contributed by atoms with Crippen LogP contribution in [0.2, 0.25) is 0 Å². The highest BCUT2D eigenvalue weighted by molar-refractivity contribution is 5.35. The van der Waals surface area contributed by atoms with E-state index in [1.165, 1.54) is 0 Å². The first-order valence-electron chi connectivity index (χ1n) is 5.60. The summed E-state index contributed by atoms with van der Waals surface area (Å²) in [7, 11) is 0. The second-order valence-corrected chi connectivity index (χ2v) is 3.50. The Balaban J connectivity index is 0.000000318. The van der Waals surface area contributed by atoms with E-state index in [-0.39, 0.29) is 0 Å². The van der Waals surface area contributed by atoms with Gasteiger partial charge in [0.25, 0.3) is 0 Å². The number of nitrogen functional groups attached to an aromatic ring is 1. The van der Waals surface area contributed by atoms with E-state index >= 15 is 0 Å². The molecule has 0 aliphatic carbocycles. The Labute approximate surface area is 105 Å². The van der Waals surface area contributed by atoms with Crippen molar-refractivity contribution in [1.29, 1.82) is 0 Å². The molecule has 2 nitrogen and oxygen atoms in total. The minimum absolute atomic E-state index is 0.822. The molecule has 17 heavy (non-hydrogen) atoms. The molecule has 1 rings (SSSR count). The van der Waals surface area contributed by atoms with Crippen molar-refractivity contribution in [2.45, 2.75) is 0 Å². The first-order chi connectivity index (χ1) is 8.24. The molecular weight excluding hydrogens is 208 g/mol. The largest absolute Gasteiger partial charge is 0.399 e. The van der Waals surface area contributed by atoms with E-state index in [4.69, 9.17) is 5.73 Å². The van der Waals surface area contributed by atoms with Crippen LogP contribution in [0.25, 0.3) is 0 Å². The maximum atomic E-state index is 5.36. The highest BCUT2D eigenvalue weighted by Crippen LogP contribution is 1.95. The summed E-state index contributed by atoms with van der Waals surface area (Å²) in [6, 6.07) is 9.49. The summed E-state index contributed by atoms with van der Waals surface area (Å²) in [6.07, 6.45) is 5.65. The monoisotopic (exact) mass is 230 g/mol. The van der Waals surface area contributed by atoms with Crippen LogP contribution in [0.15, 0.2) is 68.3 Å². The van der Waals surface area contributed by atoms with Crippen molar-refractivity contribution in [2.75, 3.05) is 25.4 Å². The molecule has 0 saturated heterocycles. The molecule has 0 spiro atoms. The first-order valence-corrected chi connectivity index (χ1v) is 5.60. The van der Waals surface area contributed by atoms with E-state index in [0.29, 0.717) is 0 Å². The summed E-state index contributed by atoms with van der Waals surface area (Å²) in [5, 5.41) is 0. The Morgan fingerprint density at radius 2 is 1.29 bits per heavy atom. The second-order valence-electron chi connectivity index (χ2n) is 3.50. The predicted octanol–water partition coefficient (Wildman–Crippen LogP) is 3.12. The summed E-state index contributed by atoms with van der Waals surface area (Å²) < 4.78 is 0. The molecule has 0 unspecified atom stereocenters. The van der Waals surface area contributed by atoms with E-state index in [1.54, 1.807) is 0 Å². The molecule has 0 fully saturated rings. The fourth-order valence-corrected chi connectivity index (χ4v) is 1.22. The number of hydrogen-bond acceptors (Lipinski definition) is 2. The van der Waals surface area contributed by atoms with Crippen molar-refractivity contribution >= 4 is 5.69 Å². The fraction of sp³-hybridized carbons (Fsp3) is 0.200. The van der Waals surface area contributed by atoms with Gasteiger partial charge in [0.1, 0.15) is 0 Å². The lowest BCUT2D eigenvalue weighted by atomic mass is 10.3. The van der Waals surface area contributed by atoms with E-state index in [2.05, 4.69) is 24.6 Å². The molecule has 0 bridgehead atoms. The summed E-state index contributed by atoms with van der Waals surface area (Å²) >= 11 is 0. The average Bonchev–Trinajstić information content (AvgIpc) is 2.32. The first kappa shape index (κ1) is 15.2. The molecule has 0 saturated carbocycles. The molecule has 2 heteroatoms. The molecule has 0 aliphatic rings. The number of rotatable bonds is 6. The Morgan fingerprint density at radius 3 is 1.53 bits per heavy atom. The Bertz CT molecular complexity index is 293. The van der Waals surface area contributed by atoms with Gasteiger partial charge in [-0.05, 0) is 12.1 Å². The normalized spacial score (nSPS) is 9.00. The fourth-order valence-electron chi connectivity index (χ4n) is 1.22.